The van der Waals surface area contributed by atoms with Gasteiger partial charge in [-0.2, -0.15) is 0 Å². The van der Waals surface area contributed by atoms with Gasteiger partial charge in [0.25, 0.3) is 0 Å². The van der Waals surface area contributed by atoms with Crippen LogP contribution in [0.4, 0.5) is 0 Å². The summed E-state index contributed by atoms with van der Waals surface area (Å²) < 4.78 is 0. The van der Waals surface area contributed by atoms with Gasteiger partial charge in [-0.1, -0.05) is 71.6 Å². The van der Waals surface area contributed by atoms with E-state index in [0.29, 0.717) is 0 Å². The molecule has 0 aromatic heterocycles. The zero-order valence-electron chi connectivity index (χ0n) is 11.4. The number of hydrogen-bond acceptors (Lipinski definition) is 0. The number of rotatable bonds is 6. The number of hydrogen-bond donors (Lipinski definition) is 0. The molecule has 0 heterocycles. The zero-order chi connectivity index (χ0) is 11.4. The summed E-state index contributed by atoms with van der Waals surface area (Å²) in [5.74, 6) is 4.34. The van der Waals surface area contributed by atoms with Crippen molar-refractivity contribution >= 4 is 0 Å². The van der Waals surface area contributed by atoms with E-state index in [9.17, 15) is 0 Å². The second kappa shape index (κ2) is 6.07. The summed E-state index contributed by atoms with van der Waals surface area (Å²) in [7, 11) is 0. The third-order valence-electron chi connectivity index (χ3n) is 5.54. The van der Waals surface area contributed by atoms with Gasteiger partial charge in [-0.3, -0.25) is 0 Å². The van der Waals surface area contributed by atoms with Crippen LogP contribution in [0.2, 0.25) is 0 Å². The maximum absolute atomic E-state index is 2.43. The van der Waals surface area contributed by atoms with E-state index in [-0.39, 0.29) is 0 Å². The highest BCUT2D eigenvalue weighted by Crippen LogP contribution is 2.42. The van der Waals surface area contributed by atoms with Crippen molar-refractivity contribution in [2.75, 3.05) is 0 Å². The minimum Gasteiger partial charge on any atom is -0.0651 e. The largest absolute Gasteiger partial charge is 0.0651 e. The molecule has 0 radical (unpaired) electrons. The molecular weight excluding hydrogens is 192 g/mol. The molecule has 2 atom stereocenters. The summed E-state index contributed by atoms with van der Waals surface area (Å²) >= 11 is 0. The van der Waals surface area contributed by atoms with Gasteiger partial charge in [-0.25, -0.2) is 0 Å². The molecule has 0 nitrogen and oxygen atoms in total. The molecule has 2 fully saturated rings. The predicted octanol–water partition coefficient (Wildman–Crippen LogP) is 5.42. The van der Waals surface area contributed by atoms with Gasteiger partial charge >= 0.3 is 0 Å². The fraction of sp³-hybridized carbons (Fsp3) is 1.00. The van der Waals surface area contributed by atoms with Crippen LogP contribution < -0.4 is 0 Å². The smallest absolute Gasteiger partial charge is 0.0386 e. The van der Waals surface area contributed by atoms with E-state index in [2.05, 4.69) is 13.8 Å². The van der Waals surface area contributed by atoms with E-state index in [1.54, 1.807) is 32.1 Å². The summed E-state index contributed by atoms with van der Waals surface area (Å²) in [4.78, 5) is 0. The van der Waals surface area contributed by atoms with Crippen LogP contribution in [-0.4, -0.2) is 0 Å². The van der Waals surface area contributed by atoms with Gasteiger partial charge in [0.05, 0.1) is 0 Å². The molecule has 0 aromatic rings. The Kier molecular flexibility index (Phi) is 4.73. The normalized spacial score (nSPS) is 26.6. The molecule has 0 spiro atoms. The minimum absolute atomic E-state index is 1.06. The fourth-order valence-electron chi connectivity index (χ4n) is 4.11. The standard InChI is InChI=1S/C16H30/c1-3-13(15-8-5-6-9-15)12-14(4-2)16-10-7-11-16/h13-16H,3-12H2,1-2H3. The first-order chi connectivity index (χ1) is 7.85. The van der Waals surface area contributed by atoms with E-state index < -0.39 is 0 Å². The Morgan fingerprint density at radius 3 is 1.50 bits per heavy atom. The van der Waals surface area contributed by atoms with Crippen LogP contribution in [0.3, 0.4) is 0 Å². The van der Waals surface area contributed by atoms with Crippen molar-refractivity contribution in [2.24, 2.45) is 23.7 Å². The highest BCUT2D eigenvalue weighted by atomic mass is 14.4. The Morgan fingerprint density at radius 2 is 1.19 bits per heavy atom. The molecule has 2 aliphatic carbocycles. The van der Waals surface area contributed by atoms with Crippen LogP contribution in [0.1, 0.15) is 78.1 Å². The first-order valence-corrected chi connectivity index (χ1v) is 7.85. The maximum Gasteiger partial charge on any atom is -0.0386 e. The molecule has 2 rings (SSSR count). The van der Waals surface area contributed by atoms with Crippen molar-refractivity contribution in [1.82, 2.24) is 0 Å². The summed E-state index contributed by atoms with van der Waals surface area (Å²) in [6, 6.07) is 0. The van der Waals surface area contributed by atoms with Crippen molar-refractivity contribution < 1.29 is 0 Å². The molecule has 94 valence electrons. The van der Waals surface area contributed by atoms with Crippen molar-refractivity contribution in [3.63, 3.8) is 0 Å². The topological polar surface area (TPSA) is 0 Å². The van der Waals surface area contributed by atoms with Crippen LogP contribution in [0.5, 0.6) is 0 Å². The molecule has 0 bridgehead atoms. The minimum atomic E-state index is 1.06. The van der Waals surface area contributed by atoms with Crippen LogP contribution in [0.25, 0.3) is 0 Å². The molecule has 0 heteroatoms. The summed E-state index contributed by atoms with van der Waals surface area (Å²) in [6.45, 7) is 4.85. The lowest BCUT2D eigenvalue weighted by atomic mass is 9.69. The Morgan fingerprint density at radius 1 is 0.750 bits per heavy atom. The predicted molar refractivity (Wildman–Crippen MR) is 71.5 cm³/mol. The van der Waals surface area contributed by atoms with Crippen LogP contribution in [-0.2, 0) is 0 Å². The highest BCUT2D eigenvalue weighted by molar-refractivity contribution is 4.82. The molecule has 16 heavy (non-hydrogen) atoms. The highest BCUT2D eigenvalue weighted by Gasteiger charge is 2.31. The summed E-state index contributed by atoms with van der Waals surface area (Å²) in [5, 5.41) is 0. The molecule has 0 amide bonds. The monoisotopic (exact) mass is 222 g/mol. The molecule has 2 saturated carbocycles. The molecule has 2 aliphatic rings. The summed E-state index contributed by atoms with van der Waals surface area (Å²) in [5.41, 5.74) is 0. The Balaban J connectivity index is 1.83. The average molecular weight is 222 g/mol. The van der Waals surface area contributed by atoms with Gasteiger partial charge in [-0.15, -0.1) is 0 Å². The van der Waals surface area contributed by atoms with E-state index in [1.807, 2.05) is 0 Å². The van der Waals surface area contributed by atoms with Crippen molar-refractivity contribution in [2.45, 2.75) is 78.1 Å². The van der Waals surface area contributed by atoms with Gasteiger partial charge in [0.1, 0.15) is 0 Å². The van der Waals surface area contributed by atoms with Gasteiger partial charge in [0.2, 0.25) is 0 Å². The lowest BCUT2D eigenvalue weighted by molar-refractivity contribution is 0.147. The first kappa shape index (κ1) is 12.5. The quantitative estimate of drug-likeness (QED) is 0.563. The van der Waals surface area contributed by atoms with Crippen LogP contribution in [0, 0.1) is 23.7 Å². The maximum atomic E-state index is 2.43. The second-order valence-electron chi connectivity index (χ2n) is 6.31. The van der Waals surface area contributed by atoms with Crippen molar-refractivity contribution in [3.05, 3.63) is 0 Å². The Bertz CT molecular complexity index is 186. The van der Waals surface area contributed by atoms with Gasteiger partial charge in [0.15, 0.2) is 0 Å². The van der Waals surface area contributed by atoms with E-state index in [4.69, 9.17) is 0 Å². The second-order valence-corrected chi connectivity index (χ2v) is 6.31. The molecule has 2 unspecified atom stereocenters. The van der Waals surface area contributed by atoms with Crippen molar-refractivity contribution in [3.8, 4) is 0 Å². The summed E-state index contributed by atoms with van der Waals surface area (Å²) in [6.07, 6.45) is 15.1. The van der Waals surface area contributed by atoms with E-state index in [0.717, 1.165) is 23.7 Å². The fourth-order valence-corrected chi connectivity index (χ4v) is 4.11. The third-order valence-corrected chi connectivity index (χ3v) is 5.54. The Labute approximate surface area is 102 Å². The van der Waals surface area contributed by atoms with Crippen LogP contribution >= 0.6 is 0 Å². The average Bonchev–Trinajstić information content (AvgIpc) is 2.74. The van der Waals surface area contributed by atoms with Gasteiger partial charge in [0, 0.05) is 0 Å². The molecule has 0 aromatic carbocycles. The molecule has 0 saturated heterocycles. The van der Waals surface area contributed by atoms with Crippen molar-refractivity contribution in [1.29, 1.82) is 0 Å². The SMILES string of the molecule is CCC(CC(CC)C1CCC1)C1CCCC1. The van der Waals surface area contributed by atoms with E-state index in [1.165, 1.54) is 32.1 Å². The molecular formula is C16H30. The zero-order valence-corrected chi connectivity index (χ0v) is 11.4. The van der Waals surface area contributed by atoms with Gasteiger partial charge < -0.3 is 0 Å². The molecule has 0 aliphatic heterocycles. The molecule has 0 N–H and O–H groups in total. The van der Waals surface area contributed by atoms with Crippen LogP contribution in [0.15, 0.2) is 0 Å². The lowest BCUT2D eigenvalue weighted by Gasteiger charge is -2.36. The Hall–Kier alpha value is 0. The van der Waals surface area contributed by atoms with E-state index >= 15 is 0 Å². The third kappa shape index (κ3) is 2.81. The lowest BCUT2D eigenvalue weighted by Crippen LogP contribution is -2.25. The first-order valence-electron chi connectivity index (χ1n) is 7.85. The van der Waals surface area contributed by atoms with Gasteiger partial charge in [-0.05, 0) is 30.1 Å².